The Morgan fingerprint density at radius 1 is 1.22 bits per heavy atom. The van der Waals surface area contributed by atoms with Gasteiger partial charge in [0.25, 0.3) is 0 Å². The number of amides is 2. The van der Waals surface area contributed by atoms with Crippen LogP contribution in [0.15, 0.2) is 5.22 Å². The summed E-state index contributed by atoms with van der Waals surface area (Å²) in [5.74, 6) is -1.23. The summed E-state index contributed by atoms with van der Waals surface area (Å²) in [6.07, 6.45) is 4.19. The predicted molar refractivity (Wildman–Crippen MR) is 128 cm³/mol. The number of Topliss-reactive ketones (excluding diaryl/α,β-unsaturated/α-hetero) is 1. The zero-order valence-corrected chi connectivity index (χ0v) is 20.1. The van der Waals surface area contributed by atoms with E-state index >= 15 is 0 Å². The largest absolute Gasteiger partial charge is 0.370 e. The molecule has 2 aliphatic rings. The quantitative estimate of drug-likeness (QED) is 0.0268. The maximum atomic E-state index is 13.4. The molecule has 2 heterocycles. The van der Waals surface area contributed by atoms with Crippen LogP contribution in [0.25, 0.3) is 0 Å². The Balaban J connectivity index is 2.06. The molecule has 0 aromatic rings. The van der Waals surface area contributed by atoms with Crippen molar-refractivity contribution < 1.29 is 24.0 Å². The second-order valence-corrected chi connectivity index (χ2v) is 8.78. The molecule has 0 bridgehead atoms. The van der Waals surface area contributed by atoms with Crippen LogP contribution < -0.4 is 32.4 Å². The lowest BCUT2D eigenvalue weighted by molar-refractivity contribution is -0.139. The monoisotopic (exact) mass is 508 g/mol. The molecule has 0 aromatic heterocycles. The molecule has 0 aliphatic carbocycles. The summed E-state index contributed by atoms with van der Waals surface area (Å²) in [6.45, 7) is 0.555. The highest BCUT2D eigenvalue weighted by molar-refractivity contribution is 5.95. The molecular formula is C21H36N10O5. The van der Waals surface area contributed by atoms with Gasteiger partial charge in [0, 0.05) is 19.1 Å². The number of nitrogens with zero attached hydrogens (tertiary/aromatic N) is 2. The first-order chi connectivity index (χ1) is 17.3. The van der Waals surface area contributed by atoms with E-state index in [9.17, 15) is 24.0 Å². The number of hydrogen-bond donors (Lipinski definition) is 8. The molecule has 2 aliphatic heterocycles. The van der Waals surface area contributed by atoms with Gasteiger partial charge in [-0.05, 0) is 38.5 Å². The lowest BCUT2D eigenvalue weighted by atomic mass is 9.98. The molecule has 200 valence electrons. The number of likely N-dealkylation sites (tertiary alicyclic amines) is 1. The van der Waals surface area contributed by atoms with E-state index in [1.165, 1.54) is 4.90 Å². The van der Waals surface area contributed by atoms with Gasteiger partial charge in [-0.25, -0.2) is 0 Å². The van der Waals surface area contributed by atoms with Gasteiger partial charge in [0.15, 0.2) is 11.7 Å². The van der Waals surface area contributed by atoms with Gasteiger partial charge in [-0.15, -0.1) is 0 Å². The van der Waals surface area contributed by atoms with E-state index in [1.807, 2.05) is 0 Å². The molecule has 2 saturated heterocycles. The van der Waals surface area contributed by atoms with E-state index in [0.717, 1.165) is 0 Å². The highest BCUT2D eigenvalue weighted by Gasteiger charge is 2.39. The fraction of sp³-hybridized carbons (Fsp3) is 0.714. The van der Waals surface area contributed by atoms with Crippen LogP contribution in [-0.2, 0) is 24.0 Å². The average molecular weight is 509 g/mol. The number of guanidine groups is 1. The molecule has 15 nitrogen and oxygen atoms in total. The molecule has 5 atom stereocenters. The molecule has 0 aromatic carbocycles. The minimum atomic E-state index is -0.848. The molecule has 2 fully saturated rings. The first-order valence-corrected chi connectivity index (χ1v) is 12.0. The molecule has 0 spiro atoms. The Hall–Kier alpha value is -3.46. The fourth-order valence-electron chi connectivity index (χ4n) is 4.62. The van der Waals surface area contributed by atoms with Crippen molar-refractivity contribution >= 4 is 36.1 Å². The van der Waals surface area contributed by atoms with Crippen LogP contribution in [0.1, 0.15) is 38.5 Å². The molecule has 36 heavy (non-hydrogen) atoms. The molecule has 2 rings (SSSR count). The van der Waals surface area contributed by atoms with Crippen LogP contribution in [0.4, 0.5) is 0 Å². The zero-order chi connectivity index (χ0) is 26.5. The third-order valence-corrected chi connectivity index (χ3v) is 6.37. The van der Waals surface area contributed by atoms with Gasteiger partial charge in [0.2, 0.25) is 11.8 Å². The molecule has 0 radical (unpaired) electrons. The second-order valence-electron chi connectivity index (χ2n) is 8.78. The van der Waals surface area contributed by atoms with E-state index in [1.54, 1.807) is 0 Å². The summed E-state index contributed by atoms with van der Waals surface area (Å²) in [5, 5.41) is 21.7. The third kappa shape index (κ3) is 8.34. The van der Waals surface area contributed by atoms with Crippen LogP contribution >= 0.6 is 0 Å². The SMILES string of the molecule is N=NNCC(=O)N1CCCC1C(=O)NC(CCCNC(=N)N)C(=O)C1CCC(C(C=O)NCC=O)N1. The number of nitrogens with two attached hydrogens (primary N) is 1. The number of hydrogen-bond acceptors (Lipinski definition) is 10. The second kappa shape index (κ2) is 14.8. The van der Waals surface area contributed by atoms with Gasteiger partial charge in [0.1, 0.15) is 25.2 Å². The lowest BCUT2D eigenvalue weighted by Gasteiger charge is -2.27. The zero-order valence-electron chi connectivity index (χ0n) is 20.1. The number of carbonyl (C=O) groups excluding carboxylic acids is 5. The van der Waals surface area contributed by atoms with Crippen molar-refractivity contribution in [2.45, 2.75) is 68.7 Å². The van der Waals surface area contributed by atoms with E-state index in [0.29, 0.717) is 57.8 Å². The van der Waals surface area contributed by atoms with Gasteiger partial charge < -0.3 is 36.2 Å². The normalized spacial score (nSPS) is 22.8. The van der Waals surface area contributed by atoms with Crippen LogP contribution in [0.3, 0.4) is 0 Å². The van der Waals surface area contributed by atoms with Crippen molar-refractivity contribution in [1.29, 1.82) is 10.9 Å². The van der Waals surface area contributed by atoms with Crippen molar-refractivity contribution in [2.75, 3.05) is 26.2 Å². The van der Waals surface area contributed by atoms with E-state index in [4.69, 9.17) is 16.7 Å². The maximum Gasteiger partial charge on any atom is 0.244 e. The first kappa shape index (κ1) is 28.8. The lowest BCUT2D eigenvalue weighted by Crippen LogP contribution is -2.55. The van der Waals surface area contributed by atoms with Crippen LogP contribution in [-0.4, -0.2) is 97.4 Å². The maximum absolute atomic E-state index is 13.4. The average Bonchev–Trinajstić information content (AvgIpc) is 3.55. The molecule has 0 saturated carbocycles. The van der Waals surface area contributed by atoms with Gasteiger partial charge >= 0.3 is 0 Å². The van der Waals surface area contributed by atoms with Gasteiger partial charge in [-0.2, -0.15) is 5.53 Å². The minimum Gasteiger partial charge on any atom is -0.370 e. The summed E-state index contributed by atoms with van der Waals surface area (Å²) in [4.78, 5) is 62.4. The van der Waals surface area contributed by atoms with Crippen LogP contribution in [0, 0.1) is 10.9 Å². The Morgan fingerprint density at radius 3 is 2.67 bits per heavy atom. The molecule has 2 amide bonds. The van der Waals surface area contributed by atoms with Crippen molar-refractivity contribution in [3.05, 3.63) is 0 Å². The Bertz CT molecular complexity index is 825. The summed E-state index contributed by atoms with van der Waals surface area (Å²) in [5.41, 5.74) is 14.4. The first-order valence-electron chi connectivity index (χ1n) is 12.0. The summed E-state index contributed by atoms with van der Waals surface area (Å²) in [7, 11) is 0. The van der Waals surface area contributed by atoms with Crippen LogP contribution in [0.2, 0.25) is 0 Å². The van der Waals surface area contributed by atoms with Gasteiger partial charge in [-0.3, -0.25) is 30.5 Å². The molecule has 5 unspecified atom stereocenters. The Kier molecular flexibility index (Phi) is 11.9. The fourth-order valence-corrected chi connectivity index (χ4v) is 4.62. The number of rotatable bonds is 16. The van der Waals surface area contributed by atoms with Gasteiger partial charge in [-0.1, -0.05) is 5.22 Å². The molecule has 9 N–H and O–H groups in total. The standard InChI is InChI=1S/C21H36N10O5/c22-21(23)26-7-1-3-14(19(35)15-6-5-13(28-15)16(12-33)25-8-10-32)29-20(36)17-4-2-9-31(17)18(34)11-27-30-24/h10,12-17,25,28H,1-9,11H2,(H2,24,27)(H,29,36)(H4,22,23,26). The number of carbonyl (C=O) groups is 5. The highest BCUT2D eigenvalue weighted by Crippen LogP contribution is 2.20. The van der Waals surface area contributed by atoms with Crippen molar-refractivity contribution in [2.24, 2.45) is 11.0 Å². The highest BCUT2D eigenvalue weighted by atomic mass is 16.2. The number of ketones is 1. The van der Waals surface area contributed by atoms with Gasteiger partial charge in [0.05, 0.1) is 24.7 Å². The van der Waals surface area contributed by atoms with E-state index < -0.39 is 30.1 Å². The third-order valence-electron chi connectivity index (χ3n) is 6.37. The van der Waals surface area contributed by atoms with Crippen molar-refractivity contribution in [1.82, 2.24) is 31.6 Å². The van der Waals surface area contributed by atoms with Crippen LogP contribution in [0.5, 0.6) is 0 Å². The topological polar surface area (TPSA) is 235 Å². The summed E-state index contributed by atoms with van der Waals surface area (Å²) >= 11 is 0. The number of nitrogens with one attached hydrogen (secondary N) is 7. The summed E-state index contributed by atoms with van der Waals surface area (Å²) in [6, 6.07) is -3.12. The predicted octanol–water partition coefficient (Wildman–Crippen LogP) is -2.69. The minimum absolute atomic E-state index is 0.0179. The smallest absolute Gasteiger partial charge is 0.244 e. The molecule has 15 heteroatoms. The van der Waals surface area contributed by atoms with Crippen molar-refractivity contribution in [3.8, 4) is 0 Å². The molecular weight excluding hydrogens is 472 g/mol. The Morgan fingerprint density at radius 2 is 2.00 bits per heavy atom. The Labute approximate surface area is 209 Å². The van der Waals surface area contributed by atoms with Crippen molar-refractivity contribution in [3.63, 3.8) is 0 Å². The summed E-state index contributed by atoms with van der Waals surface area (Å²) < 4.78 is 0. The number of aldehydes is 2. The van der Waals surface area contributed by atoms with E-state index in [-0.39, 0.29) is 43.2 Å². The van der Waals surface area contributed by atoms with E-state index in [2.05, 4.69) is 31.9 Å².